The summed E-state index contributed by atoms with van der Waals surface area (Å²) in [5.74, 6) is 0.517. The van der Waals surface area contributed by atoms with Crippen LogP contribution >= 0.6 is 0 Å². The third-order valence-corrected chi connectivity index (χ3v) is 8.68. The molecule has 2 heterocycles. The molecular weight excluding hydrogens is 734 g/mol. The third-order valence-electron chi connectivity index (χ3n) is 8.68. The van der Waals surface area contributed by atoms with Crippen LogP contribution in [0.3, 0.4) is 0 Å². The SMILES string of the molecule is NCC1O[C@H](OC2C(N)CC(N)[C@@H](OC3O[C@H](COc4ccc(-c5ccccc5)cc4)C(O)[C@@H](N)[C@H]3O)[C@H]2O)C(O)[C@@H](O)[C@@H]1O.[Cl-].[Cl-].[Cl-].[Cl-]. The minimum Gasteiger partial charge on any atom is -1.00 e. The van der Waals surface area contributed by atoms with Crippen molar-refractivity contribution in [2.45, 2.75) is 98.2 Å². The quantitative estimate of drug-likeness (QED) is 0.113. The second kappa shape index (κ2) is 20.2. The monoisotopic (exact) mass is 776 g/mol. The number of nitrogens with two attached hydrogens (primary N) is 4. The summed E-state index contributed by atoms with van der Waals surface area (Å²) in [7, 11) is 0. The molecule has 2 saturated heterocycles. The maximum absolute atomic E-state index is 11.3. The lowest BCUT2D eigenvalue weighted by Gasteiger charge is -2.48. The van der Waals surface area contributed by atoms with Crippen molar-refractivity contribution >= 4 is 0 Å². The molecule has 2 aliphatic heterocycles. The Morgan fingerprint density at radius 3 is 1.65 bits per heavy atom. The molecule has 19 heteroatoms. The summed E-state index contributed by atoms with van der Waals surface area (Å²) >= 11 is 0. The van der Waals surface area contributed by atoms with Gasteiger partial charge in [-0.3, -0.25) is 0 Å². The van der Waals surface area contributed by atoms with Gasteiger partial charge in [-0.05, 0) is 29.7 Å². The van der Waals surface area contributed by atoms with Crippen molar-refractivity contribution in [1.82, 2.24) is 0 Å². The topological polar surface area (TPSA) is 272 Å². The molecule has 1 aliphatic carbocycles. The van der Waals surface area contributed by atoms with Crippen LogP contribution in [0.15, 0.2) is 54.6 Å². The molecule has 5 rings (SSSR count). The molecule has 14 N–H and O–H groups in total. The van der Waals surface area contributed by atoms with Gasteiger partial charge in [-0.2, -0.15) is 0 Å². The first-order valence-corrected chi connectivity index (χ1v) is 15.0. The van der Waals surface area contributed by atoms with E-state index in [-0.39, 0.29) is 69.2 Å². The summed E-state index contributed by atoms with van der Waals surface area (Å²) < 4.78 is 29.0. The van der Waals surface area contributed by atoms with E-state index in [1.54, 1.807) is 12.1 Å². The summed E-state index contributed by atoms with van der Waals surface area (Å²) in [4.78, 5) is 0. The minimum absolute atomic E-state index is 0. The van der Waals surface area contributed by atoms with E-state index in [1.165, 1.54) is 0 Å². The van der Waals surface area contributed by atoms with Gasteiger partial charge in [-0.25, -0.2) is 0 Å². The van der Waals surface area contributed by atoms with E-state index in [2.05, 4.69) is 0 Å². The first-order chi connectivity index (χ1) is 21.5. The fraction of sp³-hybridized carbons (Fsp3) is 0.600. The summed E-state index contributed by atoms with van der Waals surface area (Å²) in [5.41, 5.74) is 26.3. The highest BCUT2D eigenvalue weighted by atomic mass is 35.5. The third kappa shape index (κ3) is 10.3. The molecule has 3 aliphatic rings. The molecule has 2 aromatic carbocycles. The molecule has 0 aromatic heterocycles. The zero-order chi connectivity index (χ0) is 32.4. The van der Waals surface area contributed by atoms with Crippen molar-refractivity contribution in [2.24, 2.45) is 22.9 Å². The van der Waals surface area contributed by atoms with Crippen LogP contribution in [0.25, 0.3) is 11.1 Å². The second-order valence-corrected chi connectivity index (χ2v) is 11.8. The van der Waals surface area contributed by atoms with Crippen molar-refractivity contribution in [3.63, 3.8) is 0 Å². The summed E-state index contributed by atoms with van der Waals surface area (Å²) in [6.45, 7) is -0.303. The van der Waals surface area contributed by atoms with Gasteiger partial charge in [0, 0.05) is 18.6 Å². The Morgan fingerprint density at radius 2 is 1.10 bits per heavy atom. The first-order valence-electron chi connectivity index (χ1n) is 15.0. The first kappa shape index (κ1) is 45.9. The molecule has 7 unspecified atom stereocenters. The zero-order valence-electron chi connectivity index (χ0n) is 26.0. The maximum Gasteiger partial charge on any atom is 0.187 e. The predicted octanol–water partition coefficient (Wildman–Crippen LogP) is -15.5. The largest absolute Gasteiger partial charge is 1.00 e. The fourth-order valence-corrected chi connectivity index (χ4v) is 5.94. The van der Waals surface area contributed by atoms with Gasteiger partial charge in [0.25, 0.3) is 0 Å². The van der Waals surface area contributed by atoms with E-state index in [1.807, 2.05) is 42.5 Å². The standard InChI is InChI=1S/C30H44N4O11.4ClH/c31-11-18-22(36)24(38)25(39)30(42-18)45-28-17(33)10-16(32)27(26(28)40)44-29-23(37)20(34)21(35)19(43-29)12-41-15-8-6-14(7-9-15)13-4-2-1-3-5-13;;;;/h1-9,16-30,35-40H,10-12,31-34H2;4*1H/p-4/t16?,17?,18?,19-,20-,21?,22-,23-,24+,25?,26-,27-,28?,29?,30-;;;;/m1..../s1. The van der Waals surface area contributed by atoms with Crippen LogP contribution in [-0.2, 0) is 18.9 Å². The summed E-state index contributed by atoms with van der Waals surface area (Å²) in [5, 5.41) is 63.5. The van der Waals surface area contributed by atoms with Crippen LogP contribution in [0.4, 0.5) is 0 Å². The molecule has 3 fully saturated rings. The lowest BCUT2D eigenvalue weighted by atomic mass is 9.84. The van der Waals surface area contributed by atoms with E-state index >= 15 is 0 Å². The molecule has 15 nitrogen and oxygen atoms in total. The zero-order valence-corrected chi connectivity index (χ0v) is 29.0. The Morgan fingerprint density at radius 1 is 0.592 bits per heavy atom. The molecular formula is C30H44Cl4N4O11-4. The van der Waals surface area contributed by atoms with Gasteiger partial charge >= 0.3 is 0 Å². The summed E-state index contributed by atoms with van der Waals surface area (Å²) in [6.07, 6.45) is -16.4. The van der Waals surface area contributed by atoms with Gasteiger partial charge in [0.1, 0.15) is 73.4 Å². The molecule has 2 aromatic rings. The van der Waals surface area contributed by atoms with Crippen LogP contribution in [0, 0.1) is 0 Å². The number of hydrogen-bond donors (Lipinski definition) is 10. The van der Waals surface area contributed by atoms with Gasteiger partial charge in [0.2, 0.25) is 0 Å². The van der Waals surface area contributed by atoms with Crippen molar-refractivity contribution in [3.8, 4) is 16.9 Å². The van der Waals surface area contributed by atoms with Crippen molar-refractivity contribution in [3.05, 3.63) is 54.6 Å². The molecule has 0 spiro atoms. The van der Waals surface area contributed by atoms with E-state index in [0.29, 0.717) is 5.75 Å². The Labute approximate surface area is 308 Å². The molecule has 0 radical (unpaired) electrons. The van der Waals surface area contributed by atoms with Crippen LogP contribution in [-0.4, -0.2) is 136 Å². The van der Waals surface area contributed by atoms with Crippen LogP contribution in [0.2, 0.25) is 0 Å². The second-order valence-electron chi connectivity index (χ2n) is 11.8. The van der Waals surface area contributed by atoms with Crippen molar-refractivity contribution < 1.29 is 104 Å². The highest BCUT2D eigenvalue weighted by molar-refractivity contribution is 5.63. The average molecular weight is 779 g/mol. The van der Waals surface area contributed by atoms with Crippen molar-refractivity contribution in [2.75, 3.05) is 13.2 Å². The van der Waals surface area contributed by atoms with E-state index in [4.69, 9.17) is 46.6 Å². The van der Waals surface area contributed by atoms with Crippen molar-refractivity contribution in [1.29, 1.82) is 0 Å². The van der Waals surface area contributed by atoms with Crippen LogP contribution < -0.4 is 77.3 Å². The number of halogens is 4. The molecule has 49 heavy (non-hydrogen) atoms. The smallest absolute Gasteiger partial charge is 0.187 e. The molecule has 1 saturated carbocycles. The van der Waals surface area contributed by atoms with Gasteiger partial charge in [-0.1, -0.05) is 42.5 Å². The number of ether oxygens (including phenoxy) is 5. The number of hydrogen-bond acceptors (Lipinski definition) is 15. The predicted molar refractivity (Wildman–Crippen MR) is 158 cm³/mol. The van der Waals surface area contributed by atoms with Gasteiger partial charge < -0.3 is 127 Å². The van der Waals surface area contributed by atoms with E-state index in [9.17, 15) is 30.6 Å². The minimum atomic E-state index is -1.67. The number of benzene rings is 2. The Kier molecular flexibility index (Phi) is 18.9. The van der Waals surface area contributed by atoms with Crippen LogP contribution in [0.5, 0.6) is 5.75 Å². The molecule has 282 valence electrons. The van der Waals surface area contributed by atoms with Crippen LogP contribution in [0.1, 0.15) is 6.42 Å². The molecule has 15 atom stereocenters. The number of rotatable bonds is 9. The molecule has 0 bridgehead atoms. The van der Waals surface area contributed by atoms with E-state index in [0.717, 1.165) is 11.1 Å². The fourth-order valence-electron chi connectivity index (χ4n) is 5.94. The highest BCUT2D eigenvalue weighted by Gasteiger charge is 2.51. The summed E-state index contributed by atoms with van der Waals surface area (Å²) in [6, 6.07) is 14.3. The highest BCUT2D eigenvalue weighted by Crippen LogP contribution is 2.32. The maximum atomic E-state index is 11.3. The Hall–Kier alpha value is -1.16. The van der Waals surface area contributed by atoms with Gasteiger partial charge in [0.05, 0.1) is 6.04 Å². The van der Waals surface area contributed by atoms with Gasteiger partial charge in [0.15, 0.2) is 12.6 Å². The Balaban J connectivity index is 0.00000300. The lowest BCUT2D eigenvalue weighted by Crippen LogP contribution is -3.00. The van der Waals surface area contributed by atoms with E-state index < -0.39 is 91.7 Å². The Bertz CT molecular complexity index is 1230. The molecule has 0 amide bonds. The lowest BCUT2D eigenvalue weighted by molar-refractivity contribution is -0.331. The number of aliphatic hydroxyl groups excluding tert-OH is 6. The number of aliphatic hydroxyl groups is 6. The average Bonchev–Trinajstić information content (AvgIpc) is 3.04. The van der Waals surface area contributed by atoms with Gasteiger partial charge in [-0.15, -0.1) is 0 Å². The normalized spacial score (nSPS) is 38.9.